The van der Waals surface area contributed by atoms with Crippen molar-refractivity contribution in [1.29, 1.82) is 0 Å². The van der Waals surface area contributed by atoms with Crippen LogP contribution in [0, 0.1) is 5.92 Å². The van der Waals surface area contributed by atoms with Gasteiger partial charge in [-0.15, -0.1) is 0 Å². The lowest BCUT2D eigenvalue weighted by Gasteiger charge is -2.13. The average molecular weight is 257 g/mol. The second-order valence-corrected chi connectivity index (χ2v) is 4.93. The van der Waals surface area contributed by atoms with E-state index in [1.165, 1.54) is 0 Å². The first-order valence-electron chi connectivity index (χ1n) is 6.43. The Morgan fingerprint density at radius 3 is 2.79 bits per heavy atom. The molecule has 5 heteroatoms. The highest BCUT2D eigenvalue weighted by molar-refractivity contribution is 5.75. The van der Waals surface area contributed by atoms with Gasteiger partial charge in [-0.25, -0.2) is 4.98 Å². The van der Waals surface area contributed by atoms with Crippen molar-refractivity contribution < 1.29 is 9.90 Å². The Bertz CT molecular complexity index is 614. The maximum Gasteiger partial charge on any atom is 0.306 e. The van der Waals surface area contributed by atoms with Crippen molar-refractivity contribution in [2.75, 3.05) is 5.32 Å². The van der Waals surface area contributed by atoms with Crippen LogP contribution in [0.4, 0.5) is 5.82 Å². The van der Waals surface area contributed by atoms with Gasteiger partial charge >= 0.3 is 5.97 Å². The lowest BCUT2D eigenvalue weighted by molar-refractivity contribution is -0.141. The zero-order chi connectivity index (χ0) is 13.2. The quantitative estimate of drug-likeness (QED) is 0.882. The molecule has 3 rings (SSSR count). The van der Waals surface area contributed by atoms with Gasteiger partial charge in [-0.1, -0.05) is 12.1 Å². The van der Waals surface area contributed by atoms with Gasteiger partial charge in [0.15, 0.2) is 0 Å². The Kier molecular flexibility index (Phi) is 3.03. The van der Waals surface area contributed by atoms with Gasteiger partial charge in [-0.3, -0.25) is 9.78 Å². The Labute approximate surface area is 110 Å². The van der Waals surface area contributed by atoms with E-state index in [0.717, 1.165) is 29.7 Å². The molecule has 0 bridgehead atoms. The largest absolute Gasteiger partial charge is 0.481 e. The standard InChI is InChI=1S/C14H15N3O2/c18-14(19)9-5-6-10(7-9)16-13-8-15-11-3-1-2-4-12(11)17-13/h1-4,8-10H,5-7H2,(H,16,17)(H,18,19)/t9-,10+/m1/s1. The number of benzene rings is 1. The molecule has 0 unspecified atom stereocenters. The van der Waals surface area contributed by atoms with Crippen molar-refractivity contribution in [3.8, 4) is 0 Å². The topological polar surface area (TPSA) is 75.1 Å². The van der Waals surface area contributed by atoms with Gasteiger partial charge in [0, 0.05) is 6.04 Å². The predicted molar refractivity (Wildman–Crippen MR) is 71.9 cm³/mol. The monoisotopic (exact) mass is 257 g/mol. The number of rotatable bonds is 3. The Morgan fingerprint density at radius 2 is 2.05 bits per heavy atom. The number of anilines is 1. The highest BCUT2D eigenvalue weighted by Gasteiger charge is 2.29. The maximum atomic E-state index is 10.9. The number of para-hydroxylation sites is 2. The van der Waals surface area contributed by atoms with Crippen LogP contribution in [-0.4, -0.2) is 27.1 Å². The number of hydrogen-bond donors (Lipinski definition) is 2. The lowest BCUT2D eigenvalue weighted by Crippen LogP contribution is -2.18. The van der Waals surface area contributed by atoms with Gasteiger partial charge in [0.2, 0.25) is 0 Å². The van der Waals surface area contributed by atoms with Crippen molar-refractivity contribution in [3.05, 3.63) is 30.5 Å². The van der Waals surface area contributed by atoms with Gasteiger partial charge < -0.3 is 10.4 Å². The van der Waals surface area contributed by atoms with E-state index in [9.17, 15) is 4.79 Å². The summed E-state index contributed by atoms with van der Waals surface area (Å²) in [6.07, 6.45) is 3.96. The first kappa shape index (κ1) is 11.9. The number of carboxylic acids is 1. The molecule has 2 N–H and O–H groups in total. The fraction of sp³-hybridized carbons (Fsp3) is 0.357. The smallest absolute Gasteiger partial charge is 0.306 e. The summed E-state index contributed by atoms with van der Waals surface area (Å²) in [6, 6.07) is 7.87. The summed E-state index contributed by atoms with van der Waals surface area (Å²) >= 11 is 0. The molecule has 2 aromatic rings. The van der Waals surface area contributed by atoms with E-state index in [2.05, 4.69) is 15.3 Å². The van der Waals surface area contributed by atoms with Crippen LogP contribution >= 0.6 is 0 Å². The minimum atomic E-state index is -0.700. The van der Waals surface area contributed by atoms with Crippen LogP contribution in [0.3, 0.4) is 0 Å². The second-order valence-electron chi connectivity index (χ2n) is 4.93. The Balaban J connectivity index is 1.73. The van der Waals surface area contributed by atoms with E-state index >= 15 is 0 Å². The van der Waals surface area contributed by atoms with Crippen molar-refractivity contribution in [2.24, 2.45) is 5.92 Å². The van der Waals surface area contributed by atoms with Gasteiger partial charge in [-0.2, -0.15) is 0 Å². The molecule has 1 aliphatic carbocycles. The summed E-state index contributed by atoms with van der Waals surface area (Å²) in [4.78, 5) is 19.7. The zero-order valence-corrected chi connectivity index (χ0v) is 10.4. The summed E-state index contributed by atoms with van der Waals surface area (Å²) in [6.45, 7) is 0. The first-order valence-corrected chi connectivity index (χ1v) is 6.43. The third kappa shape index (κ3) is 2.50. The Morgan fingerprint density at radius 1 is 1.26 bits per heavy atom. The van der Waals surface area contributed by atoms with Crippen LogP contribution in [0.1, 0.15) is 19.3 Å². The molecule has 1 aromatic heterocycles. The zero-order valence-electron chi connectivity index (χ0n) is 10.4. The Hall–Kier alpha value is -2.17. The number of hydrogen-bond acceptors (Lipinski definition) is 4. The summed E-state index contributed by atoms with van der Waals surface area (Å²) in [5, 5.41) is 12.3. The minimum absolute atomic E-state index is 0.177. The molecule has 98 valence electrons. The first-order chi connectivity index (χ1) is 9.22. The maximum absolute atomic E-state index is 10.9. The van der Waals surface area contributed by atoms with E-state index in [-0.39, 0.29) is 12.0 Å². The molecule has 0 aliphatic heterocycles. The van der Waals surface area contributed by atoms with E-state index in [1.54, 1.807) is 6.20 Å². The second kappa shape index (κ2) is 4.84. The number of fused-ring (bicyclic) bond motifs is 1. The SMILES string of the molecule is O=C(O)[C@@H]1CC[C@H](Nc2cnc3ccccc3n2)C1. The molecule has 2 atom stereocenters. The fourth-order valence-electron chi connectivity index (χ4n) is 2.57. The van der Waals surface area contributed by atoms with E-state index in [4.69, 9.17) is 5.11 Å². The molecule has 1 aliphatic rings. The van der Waals surface area contributed by atoms with Gasteiger partial charge in [0.05, 0.1) is 23.1 Å². The number of carbonyl (C=O) groups is 1. The van der Waals surface area contributed by atoms with Crippen molar-refractivity contribution in [3.63, 3.8) is 0 Å². The van der Waals surface area contributed by atoms with Crippen LogP contribution < -0.4 is 5.32 Å². The molecule has 1 fully saturated rings. The van der Waals surface area contributed by atoms with Crippen molar-refractivity contribution in [2.45, 2.75) is 25.3 Å². The molecule has 0 radical (unpaired) electrons. The molecule has 0 spiro atoms. The molecule has 19 heavy (non-hydrogen) atoms. The van der Waals surface area contributed by atoms with E-state index in [0.29, 0.717) is 6.42 Å². The van der Waals surface area contributed by atoms with Gasteiger partial charge in [0.1, 0.15) is 5.82 Å². The number of nitrogens with zero attached hydrogens (tertiary/aromatic N) is 2. The van der Waals surface area contributed by atoms with Crippen LogP contribution in [0.15, 0.2) is 30.5 Å². The minimum Gasteiger partial charge on any atom is -0.481 e. The third-order valence-corrected chi connectivity index (χ3v) is 3.58. The van der Waals surface area contributed by atoms with Gasteiger partial charge in [-0.05, 0) is 31.4 Å². The molecule has 0 saturated heterocycles. The normalized spacial score (nSPS) is 22.5. The molecule has 1 saturated carbocycles. The molecule has 0 amide bonds. The fourth-order valence-corrected chi connectivity index (χ4v) is 2.57. The van der Waals surface area contributed by atoms with Crippen LogP contribution in [0.25, 0.3) is 11.0 Å². The van der Waals surface area contributed by atoms with Crippen molar-refractivity contribution in [1.82, 2.24) is 9.97 Å². The van der Waals surface area contributed by atoms with Crippen molar-refractivity contribution >= 4 is 22.8 Å². The van der Waals surface area contributed by atoms with Crippen LogP contribution in [-0.2, 0) is 4.79 Å². The van der Waals surface area contributed by atoms with Crippen LogP contribution in [0.2, 0.25) is 0 Å². The highest BCUT2D eigenvalue weighted by atomic mass is 16.4. The summed E-state index contributed by atoms with van der Waals surface area (Å²) < 4.78 is 0. The van der Waals surface area contributed by atoms with E-state index < -0.39 is 5.97 Å². The predicted octanol–water partition coefficient (Wildman–Crippen LogP) is 2.29. The summed E-state index contributed by atoms with van der Waals surface area (Å²) in [7, 11) is 0. The summed E-state index contributed by atoms with van der Waals surface area (Å²) in [5.74, 6) is -0.213. The lowest BCUT2D eigenvalue weighted by atomic mass is 10.1. The average Bonchev–Trinajstić information content (AvgIpc) is 2.87. The van der Waals surface area contributed by atoms with Gasteiger partial charge in [0.25, 0.3) is 0 Å². The summed E-state index contributed by atoms with van der Waals surface area (Å²) in [5.41, 5.74) is 1.71. The van der Waals surface area contributed by atoms with E-state index in [1.807, 2.05) is 24.3 Å². The molecule has 5 nitrogen and oxygen atoms in total. The highest BCUT2D eigenvalue weighted by Crippen LogP contribution is 2.28. The third-order valence-electron chi connectivity index (χ3n) is 3.58. The number of aliphatic carboxylic acids is 1. The molecular weight excluding hydrogens is 242 g/mol. The number of nitrogens with one attached hydrogen (secondary N) is 1. The number of carboxylic acid groups (broad SMARTS) is 1. The van der Waals surface area contributed by atoms with Crippen LogP contribution in [0.5, 0.6) is 0 Å². The molecular formula is C14H15N3O2. The number of aromatic nitrogens is 2. The molecule has 1 heterocycles. The molecule has 1 aromatic carbocycles.